The van der Waals surface area contributed by atoms with E-state index in [4.69, 9.17) is 16.7 Å². The second-order valence-corrected chi connectivity index (χ2v) is 2.95. The minimum atomic E-state index is 0.772. The highest BCUT2D eigenvalue weighted by atomic mass is 32.1. The van der Waals surface area contributed by atoms with Crippen LogP contribution in [0.1, 0.15) is 12.1 Å². The minimum Gasteiger partial charge on any atom is -0.364 e. The number of hydrogen-bond donors (Lipinski definition) is 0. The van der Waals surface area contributed by atoms with Crippen molar-refractivity contribution in [2.45, 2.75) is 6.42 Å². The number of aromatic nitrogens is 1. The van der Waals surface area contributed by atoms with Gasteiger partial charge in [0, 0.05) is 22.9 Å². The number of hydrogen-bond acceptors (Lipinski definition) is 3. The van der Waals surface area contributed by atoms with Gasteiger partial charge >= 0.3 is 0 Å². The Morgan fingerprint density at radius 1 is 1.58 bits per heavy atom. The fourth-order valence-electron chi connectivity index (χ4n) is 1.02. The lowest BCUT2D eigenvalue weighted by molar-refractivity contribution is 0.418. The molecule has 1 radical (unpaired) electrons. The van der Waals surface area contributed by atoms with Gasteiger partial charge in [-0.2, -0.15) is 0 Å². The maximum Gasteiger partial charge on any atom is 0.124 e. The first-order valence-corrected chi connectivity index (χ1v) is 4.00. The largest absolute Gasteiger partial charge is 0.364 e. The van der Waals surface area contributed by atoms with Crippen LogP contribution in [0.5, 0.6) is 0 Å². The van der Waals surface area contributed by atoms with Gasteiger partial charge in [-0.1, -0.05) is 23.5 Å². The molecule has 0 unspecified atom stereocenters. The summed E-state index contributed by atoms with van der Waals surface area (Å²) in [5.41, 5.74) is 1.86. The normalized spacial score (nSPS) is 16.3. The van der Waals surface area contributed by atoms with E-state index in [0.29, 0.717) is 0 Å². The van der Waals surface area contributed by atoms with Crippen LogP contribution in [0.25, 0.3) is 5.57 Å². The number of nitrogens with zero attached hydrogens (tertiary/aromatic N) is 1. The molecule has 0 N–H and O–H groups in total. The Labute approximate surface area is 75.6 Å². The topological polar surface area (TPSA) is 26.0 Å². The summed E-state index contributed by atoms with van der Waals surface area (Å²) >= 11 is 4.96. The van der Waals surface area contributed by atoms with Gasteiger partial charge in [0.05, 0.1) is 0 Å². The molecule has 2 rings (SSSR count). The van der Waals surface area contributed by atoms with E-state index in [9.17, 15) is 0 Å². The molecule has 0 aliphatic heterocycles. The zero-order chi connectivity index (χ0) is 8.39. The van der Waals surface area contributed by atoms with Crippen molar-refractivity contribution < 1.29 is 4.52 Å². The third-order valence-electron chi connectivity index (χ3n) is 1.63. The second-order valence-electron chi connectivity index (χ2n) is 2.46. The van der Waals surface area contributed by atoms with E-state index in [2.05, 4.69) is 11.2 Å². The standard InChI is InChI=1S/C9H6NOS/c12-8-3-1-7(2-4-8)9-5-6-11-10-9/h1-2,5-6H,3H2. The third kappa shape index (κ3) is 1.36. The van der Waals surface area contributed by atoms with Gasteiger partial charge in [-0.15, -0.1) is 0 Å². The summed E-state index contributed by atoms with van der Waals surface area (Å²) in [6, 6.07) is 1.82. The maximum absolute atomic E-state index is 4.96. The molecule has 0 saturated heterocycles. The Hall–Kier alpha value is -1.22. The minimum absolute atomic E-state index is 0.772. The molecular formula is C9H6NOS. The van der Waals surface area contributed by atoms with Crippen molar-refractivity contribution in [3.8, 4) is 0 Å². The Kier molecular flexibility index (Phi) is 1.87. The van der Waals surface area contributed by atoms with E-state index >= 15 is 0 Å². The number of thiocarbonyl (C=S) groups is 1. The lowest BCUT2D eigenvalue weighted by Gasteiger charge is -2.02. The van der Waals surface area contributed by atoms with Crippen molar-refractivity contribution in [2.75, 3.05) is 0 Å². The van der Waals surface area contributed by atoms with Crippen LogP contribution in [0, 0.1) is 6.08 Å². The molecule has 0 atom stereocenters. The molecular weight excluding hydrogens is 170 g/mol. The highest BCUT2D eigenvalue weighted by Crippen LogP contribution is 2.17. The van der Waals surface area contributed by atoms with E-state index in [1.165, 1.54) is 0 Å². The van der Waals surface area contributed by atoms with Crippen molar-refractivity contribution in [3.05, 3.63) is 36.3 Å². The Morgan fingerprint density at radius 3 is 3.08 bits per heavy atom. The van der Waals surface area contributed by atoms with Crippen molar-refractivity contribution in [1.29, 1.82) is 0 Å². The van der Waals surface area contributed by atoms with E-state index in [0.717, 1.165) is 22.6 Å². The second kappa shape index (κ2) is 3.03. The van der Waals surface area contributed by atoms with Gasteiger partial charge in [0.25, 0.3) is 0 Å². The zero-order valence-electron chi connectivity index (χ0n) is 6.28. The van der Waals surface area contributed by atoms with Gasteiger partial charge in [0.15, 0.2) is 0 Å². The first-order valence-electron chi connectivity index (χ1n) is 3.60. The molecule has 0 fully saturated rings. The van der Waals surface area contributed by atoms with E-state index in [1.807, 2.05) is 18.2 Å². The van der Waals surface area contributed by atoms with Crippen LogP contribution in [0.15, 0.2) is 29.0 Å². The van der Waals surface area contributed by atoms with E-state index in [1.54, 1.807) is 6.26 Å². The monoisotopic (exact) mass is 176 g/mol. The predicted octanol–water partition coefficient (Wildman–Crippen LogP) is 2.19. The average molecular weight is 176 g/mol. The van der Waals surface area contributed by atoms with Crippen LogP contribution in [0.4, 0.5) is 0 Å². The van der Waals surface area contributed by atoms with Gasteiger partial charge in [0.2, 0.25) is 0 Å². The van der Waals surface area contributed by atoms with Crippen LogP contribution in [-0.4, -0.2) is 10.0 Å². The summed E-state index contributed by atoms with van der Waals surface area (Å²) in [7, 11) is 0. The first-order chi connectivity index (χ1) is 5.86. The summed E-state index contributed by atoms with van der Waals surface area (Å²) < 4.78 is 4.72. The van der Waals surface area contributed by atoms with E-state index in [-0.39, 0.29) is 0 Å². The van der Waals surface area contributed by atoms with Crippen LogP contribution < -0.4 is 0 Å². The summed E-state index contributed by atoms with van der Waals surface area (Å²) in [4.78, 5) is 0.835. The Morgan fingerprint density at radius 2 is 2.50 bits per heavy atom. The van der Waals surface area contributed by atoms with Gasteiger partial charge in [-0.25, -0.2) is 0 Å². The van der Waals surface area contributed by atoms with Gasteiger partial charge in [-0.05, 0) is 12.2 Å². The smallest absolute Gasteiger partial charge is 0.124 e. The van der Waals surface area contributed by atoms with Crippen LogP contribution in [-0.2, 0) is 0 Å². The molecule has 12 heavy (non-hydrogen) atoms. The van der Waals surface area contributed by atoms with Crippen LogP contribution in [0.2, 0.25) is 0 Å². The molecule has 59 valence electrons. The number of rotatable bonds is 1. The fraction of sp³-hybridized carbons (Fsp3) is 0.111. The SMILES string of the molecule is S=C1[C]=CC(c2ccon2)=CC1. The number of allylic oxidation sites excluding steroid dienone is 4. The first kappa shape index (κ1) is 7.43. The molecule has 0 amide bonds. The summed E-state index contributed by atoms with van der Waals surface area (Å²) in [6.07, 6.45) is 9.16. The summed E-state index contributed by atoms with van der Waals surface area (Å²) in [5.74, 6) is 0. The lowest BCUT2D eigenvalue weighted by Crippen LogP contribution is -1.94. The molecule has 1 aliphatic rings. The molecule has 0 saturated carbocycles. The van der Waals surface area contributed by atoms with Crippen LogP contribution >= 0.6 is 12.2 Å². The fourth-order valence-corrected chi connectivity index (χ4v) is 1.16. The molecule has 1 aliphatic carbocycles. The molecule has 0 bridgehead atoms. The Balaban J connectivity index is 2.28. The molecule has 3 heteroatoms. The third-order valence-corrected chi connectivity index (χ3v) is 1.91. The maximum atomic E-state index is 4.96. The molecule has 1 aromatic rings. The average Bonchev–Trinajstić information content (AvgIpc) is 2.58. The molecule has 1 heterocycles. The molecule has 0 spiro atoms. The molecule has 2 nitrogen and oxygen atoms in total. The van der Waals surface area contributed by atoms with Gasteiger partial charge in [-0.3, -0.25) is 0 Å². The lowest BCUT2D eigenvalue weighted by atomic mass is 10.0. The van der Waals surface area contributed by atoms with Crippen molar-refractivity contribution in [3.63, 3.8) is 0 Å². The van der Waals surface area contributed by atoms with Crippen molar-refractivity contribution >= 4 is 22.7 Å². The van der Waals surface area contributed by atoms with Crippen molar-refractivity contribution in [1.82, 2.24) is 5.16 Å². The van der Waals surface area contributed by atoms with Gasteiger partial charge in [0.1, 0.15) is 12.0 Å². The van der Waals surface area contributed by atoms with Crippen molar-refractivity contribution in [2.24, 2.45) is 0 Å². The summed E-state index contributed by atoms with van der Waals surface area (Å²) in [5, 5.41) is 3.81. The highest BCUT2D eigenvalue weighted by Gasteiger charge is 2.05. The quantitative estimate of drug-likeness (QED) is 0.613. The van der Waals surface area contributed by atoms with Crippen LogP contribution in [0.3, 0.4) is 0 Å². The summed E-state index contributed by atoms with van der Waals surface area (Å²) in [6.45, 7) is 0. The predicted molar refractivity (Wildman–Crippen MR) is 49.5 cm³/mol. The van der Waals surface area contributed by atoms with E-state index < -0.39 is 0 Å². The van der Waals surface area contributed by atoms with Gasteiger partial charge < -0.3 is 4.52 Å². The Bertz CT molecular complexity index is 349. The highest BCUT2D eigenvalue weighted by molar-refractivity contribution is 7.80. The molecule has 1 aromatic heterocycles. The zero-order valence-corrected chi connectivity index (χ0v) is 7.10. The molecule has 0 aromatic carbocycles.